The minimum atomic E-state index is -3.71. The zero-order chi connectivity index (χ0) is 19.8. The summed E-state index contributed by atoms with van der Waals surface area (Å²) in [5.74, 6) is 0.808. The number of halogens is 1. The highest BCUT2D eigenvalue weighted by atomic mass is 35.5. The largest absolute Gasteiger partial charge is 0.340 e. The third-order valence-corrected chi connectivity index (χ3v) is 7.62. The molecule has 2 aromatic rings. The third kappa shape index (κ3) is 4.49. The average Bonchev–Trinajstić information content (AvgIpc) is 2.93. The van der Waals surface area contributed by atoms with Crippen LogP contribution in [0.3, 0.4) is 0 Å². The third-order valence-electron chi connectivity index (χ3n) is 4.22. The van der Waals surface area contributed by atoms with Gasteiger partial charge in [-0.1, -0.05) is 22.8 Å². The van der Waals surface area contributed by atoms with Gasteiger partial charge in [0.05, 0.1) is 17.2 Å². The first-order chi connectivity index (χ1) is 12.6. The van der Waals surface area contributed by atoms with Crippen LogP contribution in [0.5, 0.6) is 0 Å². The van der Waals surface area contributed by atoms with E-state index < -0.39 is 26.1 Å². The van der Waals surface area contributed by atoms with Crippen LogP contribution in [0.15, 0.2) is 33.7 Å². The number of sulfonamides is 2. The van der Waals surface area contributed by atoms with Crippen molar-refractivity contribution in [3.63, 3.8) is 0 Å². The van der Waals surface area contributed by atoms with Gasteiger partial charge in [0.2, 0.25) is 25.9 Å². The second-order valence-corrected chi connectivity index (χ2v) is 10.6. The minimum absolute atomic E-state index is 0.0766. The molecule has 2 heterocycles. The topological polar surface area (TPSA) is 114 Å². The molecule has 1 aromatic heterocycles. The summed E-state index contributed by atoms with van der Waals surface area (Å²) in [6.07, 6.45) is 1.38. The van der Waals surface area contributed by atoms with E-state index in [4.69, 9.17) is 16.1 Å². The van der Waals surface area contributed by atoms with Crippen LogP contribution in [0.1, 0.15) is 11.7 Å². The molecule has 1 saturated heterocycles. The van der Waals surface area contributed by atoms with Gasteiger partial charge in [-0.2, -0.15) is 13.6 Å². The zero-order valence-electron chi connectivity index (χ0n) is 14.7. The Bertz CT molecular complexity index is 1030. The lowest BCUT2D eigenvalue weighted by Gasteiger charge is -2.43. The quantitative estimate of drug-likeness (QED) is 0.636. The standard InChI is InChI=1S/C15H19ClN4O5S2/c1-11-17-15(18-25-11)6-7-20(26(2,21)22)13-9-19(10-13)27(23,24)14-5-3-4-12(16)8-14/h3-5,8,13H,6-7,9-10H2,1-2H3. The number of rotatable bonds is 7. The van der Waals surface area contributed by atoms with E-state index >= 15 is 0 Å². The Labute approximate surface area is 163 Å². The molecule has 0 aliphatic carbocycles. The van der Waals surface area contributed by atoms with Crippen molar-refractivity contribution < 1.29 is 21.4 Å². The molecule has 0 spiro atoms. The molecular weight excluding hydrogens is 416 g/mol. The maximum Gasteiger partial charge on any atom is 0.243 e. The van der Waals surface area contributed by atoms with Gasteiger partial charge in [-0.15, -0.1) is 0 Å². The van der Waals surface area contributed by atoms with E-state index in [0.29, 0.717) is 16.7 Å². The normalized spacial score (nSPS) is 16.6. The maximum atomic E-state index is 12.6. The maximum absolute atomic E-state index is 12.6. The molecule has 148 valence electrons. The van der Waals surface area contributed by atoms with Crippen LogP contribution in [-0.2, 0) is 26.5 Å². The SMILES string of the molecule is Cc1nc(CCN(C2CN(S(=O)(=O)c3cccc(Cl)c3)C2)S(C)(=O)=O)no1. The molecule has 9 nitrogen and oxygen atoms in total. The number of hydrogen-bond donors (Lipinski definition) is 0. The van der Waals surface area contributed by atoms with Crippen molar-refractivity contribution in [2.75, 3.05) is 25.9 Å². The summed E-state index contributed by atoms with van der Waals surface area (Å²) in [4.78, 5) is 4.14. The number of aromatic nitrogens is 2. The Morgan fingerprint density at radius 3 is 2.56 bits per heavy atom. The lowest BCUT2D eigenvalue weighted by Crippen LogP contribution is -2.62. The smallest absolute Gasteiger partial charge is 0.243 e. The van der Waals surface area contributed by atoms with Gasteiger partial charge < -0.3 is 4.52 Å². The fraction of sp³-hybridized carbons (Fsp3) is 0.467. The second kappa shape index (κ2) is 7.47. The van der Waals surface area contributed by atoms with Crippen LogP contribution in [0.25, 0.3) is 0 Å². The van der Waals surface area contributed by atoms with Crippen LogP contribution in [0, 0.1) is 6.92 Å². The van der Waals surface area contributed by atoms with Crippen molar-refractivity contribution in [2.24, 2.45) is 0 Å². The number of hydrogen-bond acceptors (Lipinski definition) is 7. The van der Waals surface area contributed by atoms with Crippen molar-refractivity contribution in [3.05, 3.63) is 41.0 Å². The van der Waals surface area contributed by atoms with Crippen LogP contribution >= 0.6 is 11.6 Å². The van der Waals surface area contributed by atoms with E-state index in [1.807, 2.05) is 0 Å². The van der Waals surface area contributed by atoms with Gasteiger partial charge in [-0.3, -0.25) is 0 Å². The lowest BCUT2D eigenvalue weighted by atomic mass is 10.2. The lowest BCUT2D eigenvalue weighted by molar-refractivity contribution is 0.155. The molecule has 3 rings (SSSR count). The van der Waals surface area contributed by atoms with Gasteiger partial charge in [-0.05, 0) is 18.2 Å². The number of benzene rings is 1. The Hall–Kier alpha value is -1.53. The Morgan fingerprint density at radius 1 is 1.30 bits per heavy atom. The first-order valence-electron chi connectivity index (χ1n) is 8.09. The van der Waals surface area contributed by atoms with Crippen molar-refractivity contribution in [2.45, 2.75) is 24.3 Å². The Morgan fingerprint density at radius 2 is 2.00 bits per heavy atom. The summed E-state index contributed by atoms with van der Waals surface area (Å²) < 4.78 is 56.9. The molecule has 0 saturated carbocycles. The summed E-state index contributed by atoms with van der Waals surface area (Å²) in [7, 11) is -7.24. The fourth-order valence-corrected chi connectivity index (χ4v) is 5.76. The molecule has 1 aliphatic rings. The molecule has 12 heteroatoms. The Kier molecular flexibility index (Phi) is 5.59. The molecule has 0 unspecified atom stereocenters. The summed E-state index contributed by atoms with van der Waals surface area (Å²) in [5.41, 5.74) is 0. The highest BCUT2D eigenvalue weighted by Gasteiger charge is 2.42. The van der Waals surface area contributed by atoms with E-state index in [1.165, 1.54) is 20.7 Å². The van der Waals surface area contributed by atoms with Crippen molar-refractivity contribution >= 4 is 31.6 Å². The monoisotopic (exact) mass is 434 g/mol. The molecule has 0 radical (unpaired) electrons. The molecule has 1 aliphatic heterocycles. The molecule has 0 N–H and O–H groups in total. The summed E-state index contributed by atoms with van der Waals surface area (Å²) in [5, 5.41) is 4.07. The average molecular weight is 435 g/mol. The molecule has 1 aromatic carbocycles. The summed E-state index contributed by atoms with van der Waals surface area (Å²) in [6, 6.07) is 5.53. The first-order valence-corrected chi connectivity index (χ1v) is 11.8. The second-order valence-electron chi connectivity index (χ2n) is 6.29. The number of aryl methyl sites for hydroxylation is 1. The predicted molar refractivity (Wildman–Crippen MR) is 98.3 cm³/mol. The fourth-order valence-electron chi connectivity index (χ4n) is 2.84. The van der Waals surface area contributed by atoms with Crippen LogP contribution in [0.2, 0.25) is 5.02 Å². The van der Waals surface area contributed by atoms with Gasteiger partial charge in [-0.25, -0.2) is 16.8 Å². The van der Waals surface area contributed by atoms with E-state index in [0.717, 1.165) is 6.26 Å². The van der Waals surface area contributed by atoms with Gasteiger partial charge in [0.15, 0.2) is 5.82 Å². The van der Waals surface area contributed by atoms with Crippen LogP contribution in [0.4, 0.5) is 0 Å². The van der Waals surface area contributed by atoms with Gasteiger partial charge in [0, 0.05) is 38.0 Å². The van der Waals surface area contributed by atoms with Crippen molar-refractivity contribution in [3.8, 4) is 0 Å². The molecule has 27 heavy (non-hydrogen) atoms. The van der Waals surface area contributed by atoms with E-state index in [1.54, 1.807) is 19.1 Å². The molecule has 1 fully saturated rings. The highest BCUT2D eigenvalue weighted by molar-refractivity contribution is 7.89. The van der Waals surface area contributed by atoms with E-state index in [2.05, 4.69) is 10.1 Å². The van der Waals surface area contributed by atoms with E-state index in [9.17, 15) is 16.8 Å². The van der Waals surface area contributed by atoms with Gasteiger partial charge >= 0.3 is 0 Å². The van der Waals surface area contributed by atoms with Crippen LogP contribution < -0.4 is 0 Å². The molecular formula is C15H19ClN4O5S2. The van der Waals surface area contributed by atoms with Gasteiger partial charge in [0.25, 0.3) is 0 Å². The van der Waals surface area contributed by atoms with E-state index in [-0.39, 0.29) is 31.0 Å². The summed E-state index contributed by atoms with van der Waals surface area (Å²) in [6.45, 7) is 1.95. The summed E-state index contributed by atoms with van der Waals surface area (Å²) >= 11 is 5.87. The molecule has 0 amide bonds. The highest BCUT2D eigenvalue weighted by Crippen LogP contribution is 2.27. The van der Waals surface area contributed by atoms with Crippen molar-refractivity contribution in [1.82, 2.24) is 18.8 Å². The number of nitrogens with zero attached hydrogens (tertiary/aromatic N) is 4. The molecule has 0 atom stereocenters. The van der Waals surface area contributed by atoms with Crippen molar-refractivity contribution in [1.29, 1.82) is 0 Å². The zero-order valence-corrected chi connectivity index (χ0v) is 17.1. The molecule has 0 bridgehead atoms. The van der Waals surface area contributed by atoms with Gasteiger partial charge in [0.1, 0.15) is 0 Å². The van der Waals surface area contributed by atoms with Crippen LogP contribution in [-0.4, -0.2) is 67.5 Å². The predicted octanol–water partition coefficient (Wildman–Crippen LogP) is 0.909. The first kappa shape index (κ1) is 20.2. The Balaban J connectivity index is 1.69. The minimum Gasteiger partial charge on any atom is -0.340 e.